The van der Waals surface area contributed by atoms with Gasteiger partial charge in [0.2, 0.25) is 0 Å². The molecule has 0 bridgehead atoms. The van der Waals surface area contributed by atoms with E-state index < -0.39 is 0 Å². The summed E-state index contributed by atoms with van der Waals surface area (Å²) in [6, 6.07) is 8.50. The summed E-state index contributed by atoms with van der Waals surface area (Å²) in [6.45, 7) is 5.76. The number of piperidine rings is 1. The van der Waals surface area contributed by atoms with Crippen LogP contribution in [0.5, 0.6) is 0 Å². The SMILES string of the molecule is CCN(CC(=O)c1ccc(SC)cc1)C1CCNCC1. The number of likely N-dealkylation sites (N-methyl/N-ethyl adjacent to an activating group) is 1. The van der Waals surface area contributed by atoms with Gasteiger partial charge in [0.15, 0.2) is 5.78 Å². The van der Waals surface area contributed by atoms with Crippen molar-refractivity contribution in [1.29, 1.82) is 0 Å². The number of benzene rings is 1. The number of carbonyl (C=O) groups excluding carboxylic acids is 1. The van der Waals surface area contributed by atoms with Gasteiger partial charge in [0.1, 0.15) is 0 Å². The van der Waals surface area contributed by atoms with E-state index in [0.717, 1.165) is 38.0 Å². The van der Waals surface area contributed by atoms with Crippen LogP contribution in [0.2, 0.25) is 0 Å². The van der Waals surface area contributed by atoms with Gasteiger partial charge >= 0.3 is 0 Å². The van der Waals surface area contributed by atoms with Crippen LogP contribution in [0.15, 0.2) is 29.2 Å². The van der Waals surface area contributed by atoms with E-state index in [0.29, 0.717) is 12.6 Å². The van der Waals surface area contributed by atoms with Gasteiger partial charge < -0.3 is 5.32 Å². The third-order valence-corrected chi connectivity index (χ3v) is 4.73. The maximum Gasteiger partial charge on any atom is 0.176 e. The van der Waals surface area contributed by atoms with Crippen molar-refractivity contribution in [1.82, 2.24) is 10.2 Å². The molecule has 1 aliphatic heterocycles. The molecule has 110 valence electrons. The highest BCUT2D eigenvalue weighted by Crippen LogP contribution is 2.16. The molecule has 0 unspecified atom stereocenters. The smallest absolute Gasteiger partial charge is 0.176 e. The Balaban J connectivity index is 1.96. The number of nitrogens with zero attached hydrogens (tertiary/aromatic N) is 1. The van der Waals surface area contributed by atoms with Gasteiger partial charge in [0.05, 0.1) is 6.54 Å². The predicted octanol–water partition coefficient (Wildman–Crippen LogP) is 2.67. The van der Waals surface area contributed by atoms with E-state index in [1.54, 1.807) is 11.8 Å². The highest BCUT2D eigenvalue weighted by atomic mass is 32.2. The average Bonchev–Trinajstić information content (AvgIpc) is 2.53. The van der Waals surface area contributed by atoms with Crippen molar-refractivity contribution >= 4 is 17.5 Å². The monoisotopic (exact) mass is 292 g/mol. The van der Waals surface area contributed by atoms with Crippen LogP contribution < -0.4 is 5.32 Å². The lowest BCUT2D eigenvalue weighted by atomic mass is 10.0. The van der Waals surface area contributed by atoms with Crippen molar-refractivity contribution in [2.45, 2.75) is 30.7 Å². The first-order valence-electron chi connectivity index (χ1n) is 7.36. The minimum Gasteiger partial charge on any atom is -0.317 e. The van der Waals surface area contributed by atoms with E-state index >= 15 is 0 Å². The zero-order valence-corrected chi connectivity index (χ0v) is 13.2. The van der Waals surface area contributed by atoms with Crippen molar-refractivity contribution in [3.8, 4) is 0 Å². The van der Waals surface area contributed by atoms with Gasteiger partial charge in [-0.15, -0.1) is 11.8 Å². The molecule has 3 nitrogen and oxygen atoms in total. The minimum atomic E-state index is 0.234. The average molecular weight is 292 g/mol. The maximum atomic E-state index is 12.4. The van der Waals surface area contributed by atoms with Crippen molar-refractivity contribution in [2.24, 2.45) is 0 Å². The van der Waals surface area contributed by atoms with E-state index in [-0.39, 0.29) is 5.78 Å². The van der Waals surface area contributed by atoms with Crippen molar-refractivity contribution in [3.05, 3.63) is 29.8 Å². The van der Waals surface area contributed by atoms with Gasteiger partial charge in [-0.25, -0.2) is 0 Å². The molecular weight excluding hydrogens is 268 g/mol. The van der Waals surface area contributed by atoms with Crippen LogP contribution in [0.3, 0.4) is 0 Å². The van der Waals surface area contributed by atoms with Crippen LogP contribution in [0.4, 0.5) is 0 Å². The molecule has 20 heavy (non-hydrogen) atoms. The Morgan fingerprint density at radius 1 is 1.30 bits per heavy atom. The molecule has 1 aliphatic rings. The number of Topliss-reactive ketones (excluding diaryl/α,β-unsaturated/α-hetero) is 1. The van der Waals surface area contributed by atoms with Crippen LogP contribution in [0, 0.1) is 0 Å². The Kier molecular flexibility index (Phi) is 6.07. The minimum absolute atomic E-state index is 0.234. The molecule has 1 fully saturated rings. The fourth-order valence-electron chi connectivity index (χ4n) is 2.72. The van der Waals surface area contributed by atoms with Crippen LogP contribution in [-0.2, 0) is 0 Å². The van der Waals surface area contributed by atoms with Gasteiger partial charge in [0.25, 0.3) is 0 Å². The number of carbonyl (C=O) groups is 1. The van der Waals surface area contributed by atoms with E-state index in [1.807, 2.05) is 30.5 Å². The van der Waals surface area contributed by atoms with Crippen LogP contribution >= 0.6 is 11.8 Å². The van der Waals surface area contributed by atoms with E-state index in [2.05, 4.69) is 17.1 Å². The number of hydrogen-bond acceptors (Lipinski definition) is 4. The Hall–Kier alpha value is -0.840. The van der Waals surface area contributed by atoms with E-state index in [1.165, 1.54) is 4.90 Å². The normalized spacial score (nSPS) is 16.6. The summed E-state index contributed by atoms with van der Waals surface area (Å²) in [5, 5.41) is 3.38. The Bertz CT molecular complexity index is 427. The van der Waals surface area contributed by atoms with Gasteiger partial charge in [-0.2, -0.15) is 0 Å². The highest BCUT2D eigenvalue weighted by Gasteiger charge is 2.21. The molecule has 0 aliphatic carbocycles. The van der Waals surface area contributed by atoms with Crippen molar-refractivity contribution in [2.75, 3.05) is 32.4 Å². The van der Waals surface area contributed by atoms with E-state index in [4.69, 9.17) is 0 Å². The molecule has 0 amide bonds. The molecule has 2 rings (SSSR count). The van der Waals surface area contributed by atoms with Gasteiger partial charge in [0, 0.05) is 16.5 Å². The second-order valence-corrected chi connectivity index (χ2v) is 6.08. The first kappa shape index (κ1) is 15.5. The number of rotatable bonds is 6. The number of ketones is 1. The maximum absolute atomic E-state index is 12.4. The standard InChI is InChI=1S/C16H24N2OS/c1-3-18(14-8-10-17-11-9-14)12-16(19)13-4-6-15(20-2)7-5-13/h4-7,14,17H,3,8-12H2,1-2H3. The molecule has 0 spiro atoms. The van der Waals surface area contributed by atoms with Gasteiger partial charge in [-0.3, -0.25) is 9.69 Å². The summed E-state index contributed by atoms with van der Waals surface area (Å²) in [7, 11) is 0. The summed E-state index contributed by atoms with van der Waals surface area (Å²) < 4.78 is 0. The second kappa shape index (κ2) is 7.81. The van der Waals surface area contributed by atoms with Crippen molar-refractivity contribution < 1.29 is 4.79 Å². The third kappa shape index (κ3) is 4.08. The number of nitrogens with one attached hydrogen (secondary N) is 1. The molecular formula is C16H24N2OS. The zero-order chi connectivity index (χ0) is 14.4. The lowest BCUT2D eigenvalue weighted by Gasteiger charge is -2.33. The first-order valence-corrected chi connectivity index (χ1v) is 8.59. The number of thioether (sulfide) groups is 1. The highest BCUT2D eigenvalue weighted by molar-refractivity contribution is 7.98. The lowest BCUT2D eigenvalue weighted by Crippen LogP contribution is -2.45. The molecule has 1 heterocycles. The second-order valence-electron chi connectivity index (χ2n) is 5.20. The molecule has 1 N–H and O–H groups in total. The Morgan fingerprint density at radius 2 is 1.95 bits per heavy atom. The summed E-state index contributed by atoms with van der Waals surface area (Å²) in [5.74, 6) is 0.234. The van der Waals surface area contributed by atoms with E-state index in [9.17, 15) is 4.79 Å². The fourth-order valence-corrected chi connectivity index (χ4v) is 3.13. The molecule has 0 atom stereocenters. The topological polar surface area (TPSA) is 32.3 Å². The zero-order valence-electron chi connectivity index (χ0n) is 12.4. The Morgan fingerprint density at radius 3 is 2.50 bits per heavy atom. The fraction of sp³-hybridized carbons (Fsp3) is 0.562. The predicted molar refractivity (Wildman–Crippen MR) is 85.7 cm³/mol. The number of hydrogen-bond donors (Lipinski definition) is 1. The van der Waals surface area contributed by atoms with Gasteiger partial charge in [-0.05, 0) is 50.9 Å². The third-order valence-electron chi connectivity index (χ3n) is 3.99. The molecule has 1 aromatic rings. The van der Waals surface area contributed by atoms with Crippen LogP contribution in [-0.4, -0.2) is 49.2 Å². The van der Waals surface area contributed by atoms with Gasteiger partial charge in [-0.1, -0.05) is 19.1 Å². The summed E-state index contributed by atoms with van der Waals surface area (Å²) in [5.41, 5.74) is 0.829. The first-order chi connectivity index (χ1) is 9.74. The molecule has 1 saturated heterocycles. The largest absolute Gasteiger partial charge is 0.317 e. The van der Waals surface area contributed by atoms with Crippen LogP contribution in [0.1, 0.15) is 30.1 Å². The summed E-state index contributed by atoms with van der Waals surface area (Å²) >= 11 is 1.70. The molecule has 1 aromatic carbocycles. The molecule has 0 radical (unpaired) electrons. The lowest BCUT2D eigenvalue weighted by molar-refractivity contribution is 0.0874. The molecule has 0 aromatic heterocycles. The Labute approximate surface area is 126 Å². The summed E-state index contributed by atoms with van der Waals surface area (Å²) in [4.78, 5) is 15.9. The quantitative estimate of drug-likeness (QED) is 0.645. The van der Waals surface area contributed by atoms with Crippen molar-refractivity contribution in [3.63, 3.8) is 0 Å². The summed E-state index contributed by atoms with van der Waals surface area (Å²) in [6.07, 6.45) is 4.34. The molecule has 0 saturated carbocycles. The molecule has 4 heteroatoms. The van der Waals surface area contributed by atoms with Crippen LogP contribution in [0.25, 0.3) is 0 Å².